The van der Waals surface area contributed by atoms with Gasteiger partial charge < -0.3 is 10.3 Å². The summed E-state index contributed by atoms with van der Waals surface area (Å²) in [5.41, 5.74) is 4.82. The summed E-state index contributed by atoms with van der Waals surface area (Å²) >= 11 is 1.12. The van der Waals surface area contributed by atoms with E-state index in [-0.39, 0.29) is 5.75 Å². The first-order valence-electron chi connectivity index (χ1n) is 5.38. The number of aromatic nitrogens is 4. The van der Waals surface area contributed by atoms with E-state index in [2.05, 4.69) is 4.98 Å². The van der Waals surface area contributed by atoms with Gasteiger partial charge in [-0.15, -0.1) is 0 Å². The van der Waals surface area contributed by atoms with Gasteiger partial charge in [-0.25, -0.2) is 9.78 Å². The lowest BCUT2D eigenvalue weighted by Crippen LogP contribution is -2.37. The van der Waals surface area contributed by atoms with Crippen molar-refractivity contribution in [2.45, 2.75) is 5.16 Å². The second-order valence-corrected chi connectivity index (χ2v) is 5.03. The maximum atomic E-state index is 12.1. The monoisotopic (exact) mass is 283 g/mol. The SMILES string of the molecule is Cn1c(=O)c2c(nc(SCC(N)=O)n2C)n(C)c1=O. The molecule has 2 aromatic heterocycles. The highest BCUT2D eigenvalue weighted by atomic mass is 32.2. The summed E-state index contributed by atoms with van der Waals surface area (Å²) in [5, 5.41) is 0.465. The molecule has 102 valence electrons. The first-order valence-corrected chi connectivity index (χ1v) is 6.36. The minimum atomic E-state index is -0.473. The van der Waals surface area contributed by atoms with E-state index in [1.165, 1.54) is 11.6 Å². The van der Waals surface area contributed by atoms with E-state index in [9.17, 15) is 14.4 Å². The molecule has 2 rings (SSSR count). The largest absolute Gasteiger partial charge is 0.369 e. The summed E-state index contributed by atoms with van der Waals surface area (Å²) < 4.78 is 3.88. The second-order valence-electron chi connectivity index (χ2n) is 4.09. The quantitative estimate of drug-likeness (QED) is 0.694. The highest BCUT2D eigenvalue weighted by molar-refractivity contribution is 7.99. The molecule has 0 radical (unpaired) electrons. The number of imidazole rings is 1. The van der Waals surface area contributed by atoms with Crippen LogP contribution in [0.5, 0.6) is 0 Å². The molecule has 0 fully saturated rings. The fraction of sp³-hybridized carbons (Fsp3) is 0.400. The molecular formula is C10H13N5O3S. The Morgan fingerprint density at radius 1 is 1.21 bits per heavy atom. The number of primary amides is 1. The smallest absolute Gasteiger partial charge is 0.332 e. The molecule has 1 amide bonds. The third kappa shape index (κ3) is 2.05. The number of hydrogen-bond acceptors (Lipinski definition) is 5. The number of thioether (sulfide) groups is 1. The molecule has 2 N–H and O–H groups in total. The van der Waals surface area contributed by atoms with E-state index in [0.717, 1.165) is 16.3 Å². The lowest BCUT2D eigenvalue weighted by atomic mass is 10.5. The van der Waals surface area contributed by atoms with Crippen LogP contribution in [0.25, 0.3) is 11.2 Å². The van der Waals surface area contributed by atoms with Crippen molar-refractivity contribution < 1.29 is 4.79 Å². The van der Waals surface area contributed by atoms with Crippen molar-refractivity contribution in [1.82, 2.24) is 18.7 Å². The summed E-state index contributed by atoms with van der Waals surface area (Å²) in [4.78, 5) is 38.8. The molecule has 0 aliphatic carbocycles. The van der Waals surface area contributed by atoms with E-state index in [0.29, 0.717) is 16.3 Å². The molecule has 9 heteroatoms. The zero-order chi connectivity index (χ0) is 14.3. The number of hydrogen-bond donors (Lipinski definition) is 1. The minimum Gasteiger partial charge on any atom is -0.369 e. The van der Waals surface area contributed by atoms with Crippen molar-refractivity contribution in [2.24, 2.45) is 26.9 Å². The zero-order valence-electron chi connectivity index (χ0n) is 10.7. The third-order valence-electron chi connectivity index (χ3n) is 2.78. The molecule has 19 heavy (non-hydrogen) atoms. The number of rotatable bonds is 3. The third-order valence-corrected chi connectivity index (χ3v) is 3.83. The summed E-state index contributed by atoms with van der Waals surface area (Å²) in [6, 6.07) is 0. The lowest BCUT2D eigenvalue weighted by molar-refractivity contribution is -0.115. The molecule has 0 aliphatic heterocycles. The Morgan fingerprint density at radius 2 is 1.84 bits per heavy atom. The van der Waals surface area contributed by atoms with Crippen molar-refractivity contribution >= 4 is 28.8 Å². The van der Waals surface area contributed by atoms with Gasteiger partial charge >= 0.3 is 5.69 Å². The summed E-state index contributed by atoms with van der Waals surface area (Å²) in [5.74, 6) is -0.412. The molecule has 0 saturated carbocycles. The second kappa shape index (κ2) is 4.57. The average molecular weight is 283 g/mol. The van der Waals surface area contributed by atoms with Crippen LogP contribution in [0, 0.1) is 0 Å². The maximum absolute atomic E-state index is 12.1. The molecule has 0 unspecified atom stereocenters. The Labute approximate surface area is 111 Å². The Morgan fingerprint density at radius 3 is 2.42 bits per heavy atom. The molecule has 2 heterocycles. The summed E-state index contributed by atoms with van der Waals surface area (Å²) in [7, 11) is 4.61. The molecule has 0 aliphatic rings. The highest BCUT2D eigenvalue weighted by Gasteiger charge is 2.17. The predicted molar refractivity (Wildman–Crippen MR) is 71.1 cm³/mol. The van der Waals surface area contributed by atoms with Crippen LogP contribution in [0.4, 0.5) is 0 Å². The van der Waals surface area contributed by atoms with E-state index in [1.807, 2.05) is 0 Å². The first kappa shape index (κ1) is 13.4. The number of carbonyl (C=O) groups excluding carboxylic acids is 1. The number of aryl methyl sites for hydroxylation is 2. The molecule has 0 saturated heterocycles. The number of nitrogens with two attached hydrogens (primary N) is 1. The van der Waals surface area contributed by atoms with Gasteiger partial charge in [-0.1, -0.05) is 11.8 Å². The molecule has 0 spiro atoms. The number of nitrogens with zero attached hydrogens (tertiary/aromatic N) is 4. The lowest BCUT2D eigenvalue weighted by Gasteiger charge is -2.03. The number of carbonyl (C=O) groups is 1. The fourth-order valence-electron chi connectivity index (χ4n) is 1.76. The van der Waals surface area contributed by atoms with Crippen molar-refractivity contribution in [3.63, 3.8) is 0 Å². The fourth-order valence-corrected chi connectivity index (χ4v) is 2.47. The Bertz CT molecular complexity index is 785. The van der Waals surface area contributed by atoms with E-state index < -0.39 is 17.2 Å². The molecule has 0 aromatic carbocycles. The van der Waals surface area contributed by atoms with Crippen LogP contribution in [0.3, 0.4) is 0 Å². The van der Waals surface area contributed by atoms with Crippen LogP contribution in [-0.4, -0.2) is 30.3 Å². The Balaban J connectivity index is 2.74. The molecule has 0 bridgehead atoms. The standard InChI is InChI=1S/C10H13N5O3S/c1-13-6-7(12-9(13)19-4-5(11)16)14(2)10(18)15(3)8(6)17/h4H2,1-3H3,(H2,11,16). The van der Waals surface area contributed by atoms with Gasteiger partial charge in [0.2, 0.25) is 5.91 Å². The van der Waals surface area contributed by atoms with Crippen LogP contribution in [0.1, 0.15) is 0 Å². The van der Waals surface area contributed by atoms with Gasteiger partial charge in [0.1, 0.15) is 0 Å². The normalized spacial score (nSPS) is 11.1. The van der Waals surface area contributed by atoms with Gasteiger partial charge in [0.25, 0.3) is 5.56 Å². The Kier molecular flexibility index (Phi) is 3.23. The van der Waals surface area contributed by atoms with Gasteiger partial charge in [0.15, 0.2) is 16.3 Å². The number of fused-ring (bicyclic) bond motifs is 1. The predicted octanol–water partition coefficient (Wildman–Crippen LogP) is -1.45. The van der Waals surface area contributed by atoms with Crippen molar-refractivity contribution in [1.29, 1.82) is 0 Å². The maximum Gasteiger partial charge on any atom is 0.332 e. The van der Waals surface area contributed by atoms with E-state index in [4.69, 9.17) is 5.73 Å². The summed E-state index contributed by atoms with van der Waals surface area (Å²) in [6.07, 6.45) is 0. The number of amides is 1. The first-order chi connectivity index (χ1) is 8.84. The van der Waals surface area contributed by atoms with Gasteiger partial charge in [-0.2, -0.15) is 0 Å². The van der Waals surface area contributed by atoms with Gasteiger partial charge in [-0.3, -0.25) is 18.7 Å². The van der Waals surface area contributed by atoms with Crippen molar-refractivity contribution in [2.75, 3.05) is 5.75 Å². The zero-order valence-corrected chi connectivity index (χ0v) is 11.5. The highest BCUT2D eigenvalue weighted by Crippen LogP contribution is 2.19. The molecular weight excluding hydrogens is 270 g/mol. The van der Waals surface area contributed by atoms with Crippen LogP contribution in [-0.2, 0) is 25.9 Å². The van der Waals surface area contributed by atoms with Crippen LogP contribution < -0.4 is 17.0 Å². The molecule has 2 aromatic rings. The molecule has 0 atom stereocenters. The summed E-state index contributed by atoms with van der Waals surface area (Å²) in [6.45, 7) is 0. The van der Waals surface area contributed by atoms with Gasteiger partial charge in [-0.05, 0) is 0 Å². The van der Waals surface area contributed by atoms with Crippen molar-refractivity contribution in [3.8, 4) is 0 Å². The Hall–Kier alpha value is -2.03. The molecule has 8 nitrogen and oxygen atoms in total. The van der Waals surface area contributed by atoms with E-state index >= 15 is 0 Å². The van der Waals surface area contributed by atoms with Crippen LogP contribution in [0.2, 0.25) is 0 Å². The van der Waals surface area contributed by atoms with Crippen LogP contribution in [0.15, 0.2) is 14.7 Å². The average Bonchev–Trinajstić information content (AvgIpc) is 2.69. The van der Waals surface area contributed by atoms with Gasteiger partial charge in [0.05, 0.1) is 5.75 Å². The van der Waals surface area contributed by atoms with Crippen LogP contribution >= 0.6 is 11.8 Å². The van der Waals surface area contributed by atoms with Crippen molar-refractivity contribution in [3.05, 3.63) is 20.8 Å². The van der Waals surface area contributed by atoms with E-state index in [1.54, 1.807) is 18.7 Å². The minimum absolute atomic E-state index is 0.0609. The van der Waals surface area contributed by atoms with Gasteiger partial charge in [0, 0.05) is 21.1 Å². The topological polar surface area (TPSA) is 105 Å².